The largest absolute Gasteiger partial charge is 0.354 e. The van der Waals surface area contributed by atoms with E-state index in [1.54, 1.807) is 12.3 Å². The standard InChI is InChI=1S/C14H16BrFN4/c1-3-17-14-18-9-12(15)13(19-14)20(4-2)11-7-5-6-10(16)8-11/h5-9H,3-4H2,1-2H3,(H,17,18,19). The summed E-state index contributed by atoms with van der Waals surface area (Å²) < 4.78 is 14.2. The molecule has 0 spiro atoms. The van der Waals surface area contributed by atoms with Crippen LogP contribution in [0.5, 0.6) is 0 Å². The smallest absolute Gasteiger partial charge is 0.224 e. The molecule has 2 rings (SSSR count). The first-order valence-electron chi connectivity index (χ1n) is 6.45. The molecule has 0 radical (unpaired) electrons. The Hall–Kier alpha value is -1.69. The fourth-order valence-corrected chi connectivity index (χ4v) is 2.29. The van der Waals surface area contributed by atoms with E-state index in [-0.39, 0.29) is 5.82 Å². The minimum absolute atomic E-state index is 0.266. The third-order valence-electron chi connectivity index (χ3n) is 2.75. The van der Waals surface area contributed by atoms with Crippen molar-refractivity contribution in [2.75, 3.05) is 23.3 Å². The van der Waals surface area contributed by atoms with Crippen LogP contribution in [0.4, 0.5) is 21.8 Å². The van der Waals surface area contributed by atoms with Crippen LogP contribution < -0.4 is 10.2 Å². The average molecular weight is 339 g/mol. The fourth-order valence-electron chi connectivity index (χ4n) is 1.89. The zero-order valence-corrected chi connectivity index (χ0v) is 13.0. The van der Waals surface area contributed by atoms with Gasteiger partial charge in [0, 0.05) is 25.0 Å². The molecule has 1 aromatic carbocycles. The maximum absolute atomic E-state index is 13.4. The molecular formula is C14H16BrFN4. The molecular weight excluding hydrogens is 323 g/mol. The third kappa shape index (κ3) is 3.25. The number of anilines is 3. The molecule has 0 bridgehead atoms. The highest BCUT2D eigenvalue weighted by atomic mass is 79.9. The number of hydrogen-bond acceptors (Lipinski definition) is 4. The van der Waals surface area contributed by atoms with E-state index in [0.29, 0.717) is 18.3 Å². The van der Waals surface area contributed by atoms with E-state index in [0.717, 1.165) is 16.7 Å². The Labute approximate surface area is 126 Å². The second-order valence-electron chi connectivity index (χ2n) is 4.12. The topological polar surface area (TPSA) is 41.1 Å². The van der Waals surface area contributed by atoms with Crippen LogP contribution in [0, 0.1) is 5.82 Å². The highest BCUT2D eigenvalue weighted by molar-refractivity contribution is 9.10. The Balaban J connectivity index is 2.43. The van der Waals surface area contributed by atoms with Crippen molar-refractivity contribution >= 4 is 33.4 Å². The van der Waals surface area contributed by atoms with E-state index in [1.807, 2.05) is 24.8 Å². The molecule has 0 atom stereocenters. The molecule has 0 saturated heterocycles. The summed E-state index contributed by atoms with van der Waals surface area (Å²) in [6.07, 6.45) is 1.70. The van der Waals surface area contributed by atoms with Gasteiger partial charge in [0.1, 0.15) is 5.82 Å². The van der Waals surface area contributed by atoms with Crippen molar-refractivity contribution in [3.05, 3.63) is 40.8 Å². The van der Waals surface area contributed by atoms with Gasteiger partial charge in [0.15, 0.2) is 5.82 Å². The lowest BCUT2D eigenvalue weighted by atomic mass is 10.2. The van der Waals surface area contributed by atoms with Crippen LogP contribution in [0.15, 0.2) is 34.9 Å². The van der Waals surface area contributed by atoms with Crippen LogP contribution in [0.1, 0.15) is 13.8 Å². The predicted molar refractivity (Wildman–Crippen MR) is 83.0 cm³/mol. The van der Waals surface area contributed by atoms with E-state index in [2.05, 4.69) is 31.2 Å². The minimum Gasteiger partial charge on any atom is -0.354 e. The Kier molecular flexibility index (Phi) is 4.89. The van der Waals surface area contributed by atoms with Gasteiger partial charge in [-0.3, -0.25) is 0 Å². The SMILES string of the molecule is CCNc1ncc(Br)c(N(CC)c2cccc(F)c2)n1. The molecule has 0 amide bonds. The lowest BCUT2D eigenvalue weighted by Gasteiger charge is -2.23. The van der Waals surface area contributed by atoms with Gasteiger partial charge in [-0.05, 0) is 48.0 Å². The zero-order valence-electron chi connectivity index (χ0n) is 11.4. The highest BCUT2D eigenvalue weighted by Crippen LogP contribution is 2.30. The Morgan fingerprint density at radius 3 is 2.80 bits per heavy atom. The quantitative estimate of drug-likeness (QED) is 0.895. The summed E-state index contributed by atoms with van der Waals surface area (Å²) in [6, 6.07) is 6.46. The summed E-state index contributed by atoms with van der Waals surface area (Å²) in [7, 11) is 0. The molecule has 4 nitrogen and oxygen atoms in total. The zero-order chi connectivity index (χ0) is 14.5. The van der Waals surface area contributed by atoms with E-state index in [1.165, 1.54) is 12.1 Å². The maximum Gasteiger partial charge on any atom is 0.224 e. The number of rotatable bonds is 5. The summed E-state index contributed by atoms with van der Waals surface area (Å²) in [4.78, 5) is 10.6. The fraction of sp³-hybridized carbons (Fsp3) is 0.286. The van der Waals surface area contributed by atoms with Gasteiger partial charge in [-0.25, -0.2) is 9.37 Å². The monoisotopic (exact) mass is 338 g/mol. The van der Waals surface area contributed by atoms with E-state index in [4.69, 9.17) is 0 Å². The number of aromatic nitrogens is 2. The lowest BCUT2D eigenvalue weighted by Crippen LogP contribution is -2.19. The molecule has 0 aliphatic carbocycles. The summed E-state index contributed by atoms with van der Waals surface area (Å²) in [5, 5.41) is 3.07. The summed E-state index contributed by atoms with van der Waals surface area (Å²) in [6.45, 7) is 5.39. The van der Waals surface area contributed by atoms with Gasteiger partial charge in [0.2, 0.25) is 5.95 Å². The predicted octanol–water partition coefficient (Wildman–Crippen LogP) is 3.97. The molecule has 0 fully saturated rings. The Morgan fingerprint density at radius 1 is 1.35 bits per heavy atom. The van der Waals surface area contributed by atoms with E-state index >= 15 is 0 Å². The number of benzene rings is 1. The van der Waals surface area contributed by atoms with Gasteiger partial charge >= 0.3 is 0 Å². The van der Waals surface area contributed by atoms with Crippen molar-refractivity contribution in [1.29, 1.82) is 0 Å². The second kappa shape index (κ2) is 6.65. The Morgan fingerprint density at radius 2 is 2.15 bits per heavy atom. The van der Waals surface area contributed by atoms with Crippen LogP contribution in [0.25, 0.3) is 0 Å². The molecule has 0 unspecified atom stereocenters. The lowest BCUT2D eigenvalue weighted by molar-refractivity contribution is 0.627. The van der Waals surface area contributed by atoms with Crippen molar-refractivity contribution in [3.8, 4) is 0 Å². The first-order chi connectivity index (χ1) is 9.65. The van der Waals surface area contributed by atoms with Crippen molar-refractivity contribution < 1.29 is 4.39 Å². The summed E-state index contributed by atoms with van der Waals surface area (Å²) in [5.41, 5.74) is 0.759. The molecule has 0 saturated carbocycles. The maximum atomic E-state index is 13.4. The molecule has 1 heterocycles. The molecule has 0 aliphatic heterocycles. The van der Waals surface area contributed by atoms with Gasteiger partial charge in [-0.2, -0.15) is 4.98 Å². The van der Waals surface area contributed by atoms with Crippen molar-refractivity contribution in [1.82, 2.24) is 9.97 Å². The number of halogens is 2. The first kappa shape index (κ1) is 14.7. The number of nitrogens with one attached hydrogen (secondary N) is 1. The van der Waals surface area contributed by atoms with Crippen LogP contribution in [0.2, 0.25) is 0 Å². The van der Waals surface area contributed by atoms with Crippen molar-refractivity contribution in [2.45, 2.75) is 13.8 Å². The average Bonchev–Trinajstić information content (AvgIpc) is 2.43. The molecule has 1 aromatic heterocycles. The van der Waals surface area contributed by atoms with Crippen molar-refractivity contribution in [3.63, 3.8) is 0 Å². The molecule has 1 N–H and O–H groups in total. The third-order valence-corrected chi connectivity index (χ3v) is 3.31. The van der Waals surface area contributed by atoms with Crippen LogP contribution in [0.3, 0.4) is 0 Å². The number of hydrogen-bond donors (Lipinski definition) is 1. The molecule has 2 aromatic rings. The minimum atomic E-state index is -0.266. The molecule has 106 valence electrons. The van der Waals surface area contributed by atoms with Gasteiger partial charge in [-0.15, -0.1) is 0 Å². The second-order valence-corrected chi connectivity index (χ2v) is 4.97. The summed E-state index contributed by atoms with van der Waals surface area (Å²) >= 11 is 3.45. The van der Waals surface area contributed by atoms with Gasteiger partial charge < -0.3 is 10.2 Å². The first-order valence-corrected chi connectivity index (χ1v) is 7.24. The Bertz CT molecular complexity index is 591. The normalized spacial score (nSPS) is 10.4. The number of nitrogens with zero attached hydrogens (tertiary/aromatic N) is 3. The summed E-state index contributed by atoms with van der Waals surface area (Å²) in [5.74, 6) is 1.00. The van der Waals surface area contributed by atoms with Crippen molar-refractivity contribution in [2.24, 2.45) is 0 Å². The molecule has 0 aliphatic rings. The molecule has 6 heteroatoms. The van der Waals surface area contributed by atoms with Crippen LogP contribution in [-0.2, 0) is 0 Å². The van der Waals surface area contributed by atoms with Crippen LogP contribution in [-0.4, -0.2) is 23.1 Å². The van der Waals surface area contributed by atoms with E-state index < -0.39 is 0 Å². The van der Waals surface area contributed by atoms with Gasteiger partial charge in [0.25, 0.3) is 0 Å². The van der Waals surface area contributed by atoms with Crippen LogP contribution >= 0.6 is 15.9 Å². The van der Waals surface area contributed by atoms with Gasteiger partial charge in [0.05, 0.1) is 4.47 Å². The molecule has 20 heavy (non-hydrogen) atoms. The van der Waals surface area contributed by atoms with Gasteiger partial charge in [-0.1, -0.05) is 6.07 Å². The van der Waals surface area contributed by atoms with E-state index in [9.17, 15) is 4.39 Å². The highest BCUT2D eigenvalue weighted by Gasteiger charge is 2.14.